The minimum atomic E-state index is 0.323. The molecule has 4 nitrogen and oxygen atoms in total. The Balaban J connectivity index is 1.49. The summed E-state index contributed by atoms with van der Waals surface area (Å²) in [6.45, 7) is 7.63. The lowest BCUT2D eigenvalue weighted by Crippen LogP contribution is -2.52. The first-order chi connectivity index (χ1) is 11.1. The van der Waals surface area contributed by atoms with Crippen molar-refractivity contribution in [2.75, 3.05) is 44.2 Å². The Hall–Kier alpha value is -1.04. The summed E-state index contributed by atoms with van der Waals surface area (Å²) in [4.78, 5) is 4.64. The van der Waals surface area contributed by atoms with Crippen molar-refractivity contribution in [1.29, 1.82) is 0 Å². The van der Waals surface area contributed by atoms with Gasteiger partial charge in [-0.15, -0.1) is 0 Å². The topological polar surface area (TPSA) is 27.7 Å². The van der Waals surface area contributed by atoms with Crippen molar-refractivity contribution in [3.8, 4) is 0 Å². The number of anilines is 1. The molecule has 2 aliphatic rings. The van der Waals surface area contributed by atoms with E-state index in [1.807, 2.05) is 6.07 Å². The SMILES string of the molecule is Cc1ccc(Cl)cc1N1CCN(C(=S)NCC2CCCO2)CC1. The van der Waals surface area contributed by atoms with Crippen LogP contribution in [-0.2, 0) is 4.74 Å². The van der Waals surface area contributed by atoms with E-state index in [1.54, 1.807) is 0 Å². The maximum atomic E-state index is 6.14. The number of thiocarbonyl (C=S) groups is 1. The highest BCUT2D eigenvalue weighted by atomic mass is 35.5. The quantitative estimate of drug-likeness (QED) is 0.843. The second-order valence-electron chi connectivity index (χ2n) is 6.23. The zero-order valence-corrected chi connectivity index (χ0v) is 15.1. The van der Waals surface area contributed by atoms with Gasteiger partial charge in [0.2, 0.25) is 0 Å². The second kappa shape index (κ2) is 7.69. The van der Waals surface area contributed by atoms with Crippen LogP contribution < -0.4 is 10.2 Å². The van der Waals surface area contributed by atoms with E-state index >= 15 is 0 Å². The van der Waals surface area contributed by atoms with Crippen molar-refractivity contribution in [2.45, 2.75) is 25.9 Å². The Bertz CT molecular complexity index is 555. The molecule has 1 unspecified atom stereocenters. The summed E-state index contributed by atoms with van der Waals surface area (Å²) in [6, 6.07) is 6.08. The number of halogens is 1. The van der Waals surface area contributed by atoms with E-state index < -0.39 is 0 Å². The summed E-state index contributed by atoms with van der Waals surface area (Å²) in [5, 5.41) is 5.01. The van der Waals surface area contributed by atoms with Crippen molar-refractivity contribution in [3.63, 3.8) is 0 Å². The maximum Gasteiger partial charge on any atom is 0.169 e. The highest BCUT2D eigenvalue weighted by Crippen LogP contribution is 2.25. The van der Waals surface area contributed by atoms with Crippen LogP contribution in [0.4, 0.5) is 5.69 Å². The van der Waals surface area contributed by atoms with Gasteiger partial charge in [0.1, 0.15) is 0 Å². The Kier molecular flexibility index (Phi) is 5.62. The van der Waals surface area contributed by atoms with Crippen molar-refractivity contribution in [3.05, 3.63) is 28.8 Å². The van der Waals surface area contributed by atoms with E-state index in [0.29, 0.717) is 6.10 Å². The van der Waals surface area contributed by atoms with Crippen LogP contribution in [0.5, 0.6) is 0 Å². The van der Waals surface area contributed by atoms with Crippen LogP contribution in [0.15, 0.2) is 18.2 Å². The maximum absolute atomic E-state index is 6.14. The zero-order chi connectivity index (χ0) is 16.2. The Morgan fingerprint density at radius 3 is 2.83 bits per heavy atom. The molecular weight excluding hydrogens is 330 g/mol. The van der Waals surface area contributed by atoms with Crippen LogP contribution in [0, 0.1) is 6.92 Å². The Morgan fingerprint density at radius 2 is 2.13 bits per heavy atom. The summed E-state index contributed by atoms with van der Waals surface area (Å²) >= 11 is 11.7. The average molecular weight is 354 g/mol. The Labute approximate surface area is 148 Å². The lowest BCUT2D eigenvalue weighted by Gasteiger charge is -2.38. The molecule has 0 bridgehead atoms. The number of nitrogens with one attached hydrogen (secondary N) is 1. The minimum absolute atomic E-state index is 0.323. The molecule has 2 fully saturated rings. The fourth-order valence-corrected chi connectivity index (χ4v) is 3.62. The molecule has 0 radical (unpaired) electrons. The number of aryl methyl sites for hydroxylation is 1. The molecular formula is C17H24ClN3OS. The molecule has 126 valence electrons. The first-order valence-corrected chi connectivity index (χ1v) is 9.07. The van der Waals surface area contributed by atoms with Crippen molar-refractivity contribution >= 4 is 34.6 Å². The van der Waals surface area contributed by atoms with Gasteiger partial charge < -0.3 is 19.9 Å². The molecule has 1 aromatic rings. The van der Waals surface area contributed by atoms with E-state index in [4.69, 9.17) is 28.6 Å². The molecule has 1 aromatic carbocycles. The molecule has 0 spiro atoms. The fraction of sp³-hybridized carbons (Fsp3) is 0.588. The summed E-state index contributed by atoms with van der Waals surface area (Å²) in [6.07, 6.45) is 2.62. The number of rotatable bonds is 3. The van der Waals surface area contributed by atoms with Gasteiger partial charge in [-0.2, -0.15) is 0 Å². The lowest BCUT2D eigenvalue weighted by molar-refractivity contribution is 0.113. The second-order valence-corrected chi connectivity index (χ2v) is 7.05. The molecule has 0 aliphatic carbocycles. The van der Waals surface area contributed by atoms with Crippen molar-refractivity contribution in [1.82, 2.24) is 10.2 Å². The molecule has 1 N–H and O–H groups in total. The summed E-state index contributed by atoms with van der Waals surface area (Å²) in [5.41, 5.74) is 2.50. The van der Waals surface area contributed by atoms with Crippen molar-refractivity contribution < 1.29 is 4.74 Å². The van der Waals surface area contributed by atoms with E-state index in [1.165, 1.54) is 11.3 Å². The number of hydrogen-bond donors (Lipinski definition) is 1. The van der Waals surface area contributed by atoms with Gasteiger partial charge in [0.05, 0.1) is 6.10 Å². The van der Waals surface area contributed by atoms with Gasteiger partial charge in [-0.3, -0.25) is 0 Å². The highest BCUT2D eigenvalue weighted by Gasteiger charge is 2.21. The van der Waals surface area contributed by atoms with Crippen LogP contribution in [0.2, 0.25) is 5.02 Å². The molecule has 2 heterocycles. The van der Waals surface area contributed by atoms with Gasteiger partial charge in [0.25, 0.3) is 0 Å². The average Bonchev–Trinajstić information content (AvgIpc) is 3.08. The van der Waals surface area contributed by atoms with Crippen LogP contribution in [-0.4, -0.2) is 55.4 Å². The van der Waals surface area contributed by atoms with E-state index in [0.717, 1.165) is 62.3 Å². The smallest absolute Gasteiger partial charge is 0.169 e. The van der Waals surface area contributed by atoms with Gasteiger partial charge in [-0.25, -0.2) is 0 Å². The third kappa shape index (κ3) is 4.28. The molecule has 6 heteroatoms. The Morgan fingerprint density at radius 1 is 1.35 bits per heavy atom. The van der Waals surface area contributed by atoms with Gasteiger partial charge in [-0.05, 0) is 49.7 Å². The highest BCUT2D eigenvalue weighted by molar-refractivity contribution is 7.80. The molecule has 2 aliphatic heterocycles. The van der Waals surface area contributed by atoms with Crippen LogP contribution >= 0.6 is 23.8 Å². The number of ether oxygens (including phenoxy) is 1. The first kappa shape index (κ1) is 16.8. The molecule has 0 saturated carbocycles. The summed E-state index contributed by atoms with van der Waals surface area (Å²) in [7, 11) is 0. The lowest BCUT2D eigenvalue weighted by atomic mass is 10.1. The third-order valence-electron chi connectivity index (χ3n) is 4.58. The van der Waals surface area contributed by atoms with Crippen LogP contribution in [0.3, 0.4) is 0 Å². The number of piperazine rings is 1. The largest absolute Gasteiger partial charge is 0.376 e. The standard InChI is InChI=1S/C17H24ClN3OS/c1-13-4-5-14(18)11-16(13)20-6-8-21(9-7-20)17(23)19-12-15-3-2-10-22-15/h4-5,11,15H,2-3,6-10,12H2,1H3,(H,19,23). The summed E-state index contributed by atoms with van der Waals surface area (Å²) in [5.74, 6) is 0. The molecule has 2 saturated heterocycles. The molecule has 0 aromatic heterocycles. The first-order valence-electron chi connectivity index (χ1n) is 8.29. The van der Waals surface area contributed by atoms with Gasteiger partial charge in [-0.1, -0.05) is 17.7 Å². The summed E-state index contributed by atoms with van der Waals surface area (Å²) < 4.78 is 5.63. The monoisotopic (exact) mass is 353 g/mol. The predicted molar refractivity (Wildman–Crippen MR) is 99.5 cm³/mol. The molecule has 3 rings (SSSR count). The molecule has 1 atom stereocenters. The molecule has 0 amide bonds. The number of nitrogens with zero attached hydrogens (tertiary/aromatic N) is 2. The van der Waals surface area contributed by atoms with Crippen LogP contribution in [0.1, 0.15) is 18.4 Å². The van der Waals surface area contributed by atoms with Crippen molar-refractivity contribution in [2.24, 2.45) is 0 Å². The number of hydrogen-bond acceptors (Lipinski definition) is 3. The van der Waals surface area contributed by atoms with Crippen LogP contribution in [0.25, 0.3) is 0 Å². The zero-order valence-electron chi connectivity index (χ0n) is 13.6. The van der Waals surface area contributed by atoms with Gasteiger partial charge in [0.15, 0.2) is 5.11 Å². The van der Waals surface area contributed by atoms with E-state index in [9.17, 15) is 0 Å². The van der Waals surface area contributed by atoms with E-state index in [-0.39, 0.29) is 0 Å². The normalized spacial score (nSPS) is 21.6. The fourth-order valence-electron chi connectivity index (χ4n) is 3.19. The molecule has 23 heavy (non-hydrogen) atoms. The van der Waals surface area contributed by atoms with E-state index in [2.05, 4.69) is 34.2 Å². The van der Waals surface area contributed by atoms with Gasteiger partial charge >= 0.3 is 0 Å². The van der Waals surface area contributed by atoms with Gasteiger partial charge in [0, 0.05) is 50.0 Å². The minimum Gasteiger partial charge on any atom is -0.376 e. The number of benzene rings is 1. The predicted octanol–water partition coefficient (Wildman–Crippen LogP) is 2.82. The third-order valence-corrected chi connectivity index (χ3v) is 5.22.